The van der Waals surface area contributed by atoms with Gasteiger partial charge in [0.1, 0.15) is 5.82 Å². The minimum absolute atomic E-state index is 0.0251. The summed E-state index contributed by atoms with van der Waals surface area (Å²) in [5.74, 6) is -1.16. The third-order valence-corrected chi connectivity index (χ3v) is 3.08. The average molecular weight is 305 g/mol. The number of hydrogen-bond donors (Lipinski definition) is 2. The quantitative estimate of drug-likeness (QED) is 0.648. The van der Waals surface area contributed by atoms with Gasteiger partial charge < -0.3 is 11.1 Å². The first-order valence-electron chi connectivity index (χ1n) is 6.40. The van der Waals surface area contributed by atoms with Crippen molar-refractivity contribution in [2.24, 2.45) is 0 Å². The molecule has 1 amide bonds. The molecule has 0 unspecified atom stereocenters. The first-order valence-corrected chi connectivity index (χ1v) is 6.40. The number of amides is 1. The van der Waals surface area contributed by atoms with Crippen LogP contribution in [-0.2, 0) is 4.79 Å². The van der Waals surface area contributed by atoms with E-state index in [1.54, 1.807) is 0 Å². The third-order valence-electron chi connectivity index (χ3n) is 3.08. The fraction of sp³-hybridized carbons (Fsp3) is 0.462. The van der Waals surface area contributed by atoms with Crippen LogP contribution in [-0.4, -0.2) is 36.1 Å². The van der Waals surface area contributed by atoms with Crippen molar-refractivity contribution in [3.05, 3.63) is 24.0 Å². The Morgan fingerprint density at radius 2 is 2.05 bits per heavy atom. The molecular weight excluding hydrogens is 290 g/mol. The Kier molecular flexibility index (Phi) is 4.36. The summed E-state index contributed by atoms with van der Waals surface area (Å²) >= 11 is 0. The molecule has 0 saturated heterocycles. The van der Waals surface area contributed by atoms with Gasteiger partial charge in [-0.05, 0) is 31.0 Å². The number of anilines is 2. The number of nitrogens with zero attached hydrogens (tertiary/aromatic N) is 1. The summed E-state index contributed by atoms with van der Waals surface area (Å²) < 4.78 is 50.2. The maximum absolute atomic E-state index is 12.9. The van der Waals surface area contributed by atoms with Crippen molar-refractivity contribution < 1.29 is 22.4 Å². The second-order valence-corrected chi connectivity index (χ2v) is 5.03. The van der Waals surface area contributed by atoms with E-state index in [0.717, 1.165) is 17.0 Å². The van der Waals surface area contributed by atoms with Crippen molar-refractivity contribution >= 4 is 17.3 Å². The Morgan fingerprint density at radius 1 is 1.38 bits per heavy atom. The molecule has 1 saturated carbocycles. The lowest BCUT2D eigenvalue weighted by Crippen LogP contribution is -2.41. The van der Waals surface area contributed by atoms with Crippen molar-refractivity contribution in [2.45, 2.75) is 25.1 Å². The highest BCUT2D eigenvalue weighted by Gasteiger charge is 2.38. The third kappa shape index (κ3) is 4.89. The number of hydrogen-bond acceptors (Lipinski definition) is 3. The van der Waals surface area contributed by atoms with Crippen LogP contribution < -0.4 is 11.1 Å². The predicted octanol–water partition coefficient (Wildman–Crippen LogP) is 2.37. The zero-order chi connectivity index (χ0) is 15.6. The second kappa shape index (κ2) is 5.88. The van der Waals surface area contributed by atoms with Gasteiger partial charge in [0.25, 0.3) is 0 Å². The van der Waals surface area contributed by atoms with Crippen LogP contribution in [0.15, 0.2) is 18.2 Å². The molecule has 1 fully saturated rings. The molecule has 0 atom stereocenters. The number of alkyl halides is 3. The number of nitrogens with one attached hydrogen (secondary N) is 1. The Balaban J connectivity index is 1.96. The number of halogens is 4. The second-order valence-electron chi connectivity index (χ2n) is 5.03. The lowest BCUT2D eigenvalue weighted by Gasteiger charge is -2.22. The SMILES string of the molecule is Nc1cc(F)ccc1NC(=O)CN(CC(F)(F)F)C1CC1. The standard InChI is InChI=1S/C13H15F4N3O/c14-8-1-4-11(10(18)5-8)19-12(21)6-20(9-2-3-9)7-13(15,16)17/h1,4-5,9H,2-3,6-7,18H2,(H,19,21). The number of benzene rings is 1. The molecule has 0 radical (unpaired) electrons. The van der Waals surface area contributed by atoms with Crippen LogP contribution in [0.5, 0.6) is 0 Å². The Hall–Kier alpha value is -1.83. The van der Waals surface area contributed by atoms with Crippen LogP contribution >= 0.6 is 0 Å². The van der Waals surface area contributed by atoms with E-state index in [-0.39, 0.29) is 24.0 Å². The summed E-state index contributed by atoms with van der Waals surface area (Å²) in [6.45, 7) is -1.50. The van der Waals surface area contributed by atoms with Gasteiger partial charge in [0.05, 0.1) is 24.5 Å². The van der Waals surface area contributed by atoms with E-state index in [1.165, 1.54) is 6.07 Å². The molecule has 2 rings (SSSR count). The first kappa shape index (κ1) is 15.6. The summed E-state index contributed by atoms with van der Waals surface area (Å²) in [5, 5.41) is 2.40. The summed E-state index contributed by atoms with van der Waals surface area (Å²) in [4.78, 5) is 12.9. The topological polar surface area (TPSA) is 58.4 Å². The fourth-order valence-corrected chi connectivity index (χ4v) is 2.01. The molecule has 0 spiro atoms. The average Bonchev–Trinajstić information content (AvgIpc) is 3.14. The number of nitrogens with two attached hydrogens (primary N) is 1. The van der Waals surface area contributed by atoms with E-state index >= 15 is 0 Å². The number of carbonyl (C=O) groups is 1. The molecule has 0 bridgehead atoms. The maximum atomic E-state index is 12.9. The van der Waals surface area contributed by atoms with E-state index in [0.29, 0.717) is 12.8 Å². The summed E-state index contributed by atoms with van der Waals surface area (Å²) in [6, 6.07) is 3.21. The molecule has 8 heteroatoms. The van der Waals surface area contributed by atoms with Crippen molar-refractivity contribution in [2.75, 3.05) is 24.1 Å². The van der Waals surface area contributed by atoms with Gasteiger partial charge >= 0.3 is 6.18 Å². The van der Waals surface area contributed by atoms with Crippen LogP contribution in [0.3, 0.4) is 0 Å². The smallest absolute Gasteiger partial charge is 0.397 e. The molecule has 21 heavy (non-hydrogen) atoms. The molecule has 116 valence electrons. The summed E-state index contributed by atoms with van der Waals surface area (Å²) in [5.41, 5.74) is 5.74. The molecule has 0 aliphatic heterocycles. The number of rotatable bonds is 5. The van der Waals surface area contributed by atoms with E-state index < -0.39 is 24.4 Å². The van der Waals surface area contributed by atoms with E-state index in [9.17, 15) is 22.4 Å². The Morgan fingerprint density at radius 3 is 2.57 bits per heavy atom. The number of carbonyl (C=O) groups excluding carboxylic acids is 1. The molecule has 1 aliphatic carbocycles. The molecule has 1 aromatic carbocycles. The van der Waals surface area contributed by atoms with E-state index in [4.69, 9.17) is 5.73 Å². The fourth-order valence-electron chi connectivity index (χ4n) is 2.01. The zero-order valence-electron chi connectivity index (χ0n) is 11.1. The molecule has 3 N–H and O–H groups in total. The minimum Gasteiger partial charge on any atom is -0.397 e. The van der Waals surface area contributed by atoms with Gasteiger partial charge in [-0.2, -0.15) is 13.2 Å². The van der Waals surface area contributed by atoms with E-state index in [1.807, 2.05) is 0 Å². The highest BCUT2D eigenvalue weighted by molar-refractivity contribution is 5.95. The first-order chi connectivity index (χ1) is 9.74. The molecule has 1 aliphatic rings. The largest absolute Gasteiger partial charge is 0.401 e. The van der Waals surface area contributed by atoms with E-state index in [2.05, 4.69) is 5.32 Å². The van der Waals surface area contributed by atoms with Gasteiger partial charge in [0.15, 0.2) is 0 Å². The van der Waals surface area contributed by atoms with Crippen molar-refractivity contribution in [3.8, 4) is 0 Å². The molecule has 0 aromatic heterocycles. The lowest BCUT2D eigenvalue weighted by atomic mass is 10.2. The van der Waals surface area contributed by atoms with Crippen LogP contribution in [0.1, 0.15) is 12.8 Å². The van der Waals surface area contributed by atoms with Gasteiger partial charge in [-0.25, -0.2) is 4.39 Å². The van der Waals surface area contributed by atoms with Gasteiger partial charge in [-0.3, -0.25) is 9.69 Å². The summed E-state index contributed by atoms with van der Waals surface area (Å²) in [7, 11) is 0. The Bertz CT molecular complexity index is 529. The van der Waals surface area contributed by atoms with Gasteiger partial charge in [0.2, 0.25) is 5.91 Å². The minimum atomic E-state index is -4.35. The Labute approximate surface area is 118 Å². The summed E-state index contributed by atoms with van der Waals surface area (Å²) in [6.07, 6.45) is -3.04. The van der Waals surface area contributed by atoms with Crippen LogP contribution in [0.2, 0.25) is 0 Å². The lowest BCUT2D eigenvalue weighted by molar-refractivity contribution is -0.149. The maximum Gasteiger partial charge on any atom is 0.401 e. The van der Waals surface area contributed by atoms with Crippen LogP contribution in [0.25, 0.3) is 0 Å². The van der Waals surface area contributed by atoms with Crippen LogP contribution in [0, 0.1) is 5.82 Å². The van der Waals surface area contributed by atoms with Gasteiger partial charge in [-0.15, -0.1) is 0 Å². The van der Waals surface area contributed by atoms with Gasteiger partial charge in [0, 0.05) is 6.04 Å². The van der Waals surface area contributed by atoms with Crippen LogP contribution in [0.4, 0.5) is 28.9 Å². The number of nitrogen functional groups attached to an aromatic ring is 1. The molecule has 0 heterocycles. The zero-order valence-corrected chi connectivity index (χ0v) is 11.1. The predicted molar refractivity (Wildman–Crippen MR) is 70.1 cm³/mol. The normalized spacial score (nSPS) is 15.3. The highest BCUT2D eigenvalue weighted by Crippen LogP contribution is 2.30. The van der Waals surface area contributed by atoms with Crippen molar-refractivity contribution in [1.82, 2.24) is 4.90 Å². The van der Waals surface area contributed by atoms with Crippen molar-refractivity contribution in [1.29, 1.82) is 0 Å². The van der Waals surface area contributed by atoms with Crippen molar-refractivity contribution in [3.63, 3.8) is 0 Å². The monoisotopic (exact) mass is 305 g/mol. The molecular formula is C13H15F4N3O. The molecule has 4 nitrogen and oxygen atoms in total. The highest BCUT2D eigenvalue weighted by atomic mass is 19.4. The van der Waals surface area contributed by atoms with Gasteiger partial charge in [-0.1, -0.05) is 0 Å². The molecule has 1 aromatic rings.